The van der Waals surface area contributed by atoms with Gasteiger partial charge in [0.25, 0.3) is 0 Å². The molecule has 1 aliphatic carbocycles. The standard InChI is InChI=1S/C18H29N3O2/c1-18(2,3)17-19-13(12-22-4)11-16(20-17)21-9-10-23-15-8-6-5-7-14(15)21/h11,14-15H,5-10,12H2,1-4H3. The second-order valence-corrected chi connectivity index (χ2v) is 7.68. The normalized spacial score (nSPS) is 25.3. The predicted molar refractivity (Wildman–Crippen MR) is 90.8 cm³/mol. The van der Waals surface area contributed by atoms with E-state index in [0.717, 1.165) is 30.5 Å². The van der Waals surface area contributed by atoms with Crippen LogP contribution in [0.25, 0.3) is 0 Å². The smallest absolute Gasteiger partial charge is 0.136 e. The van der Waals surface area contributed by atoms with Gasteiger partial charge in [0.1, 0.15) is 11.6 Å². The molecule has 128 valence electrons. The van der Waals surface area contributed by atoms with Gasteiger partial charge in [0.2, 0.25) is 0 Å². The molecule has 23 heavy (non-hydrogen) atoms. The predicted octanol–water partition coefficient (Wildman–Crippen LogP) is 3.07. The van der Waals surface area contributed by atoms with Crippen LogP contribution in [0.4, 0.5) is 5.82 Å². The third kappa shape index (κ3) is 3.66. The number of rotatable bonds is 3. The first kappa shape index (κ1) is 16.7. The van der Waals surface area contributed by atoms with Gasteiger partial charge in [0, 0.05) is 25.1 Å². The molecule has 0 aromatic carbocycles. The fourth-order valence-electron chi connectivity index (χ4n) is 3.57. The van der Waals surface area contributed by atoms with Gasteiger partial charge in [0.15, 0.2) is 0 Å². The summed E-state index contributed by atoms with van der Waals surface area (Å²) in [6.07, 6.45) is 5.28. The van der Waals surface area contributed by atoms with Crippen LogP contribution in [-0.2, 0) is 21.5 Å². The fraction of sp³-hybridized carbons (Fsp3) is 0.778. The fourth-order valence-corrected chi connectivity index (χ4v) is 3.57. The molecule has 0 N–H and O–H groups in total. The molecule has 5 nitrogen and oxygen atoms in total. The van der Waals surface area contributed by atoms with E-state index in [-0.39, 0.29) is 5.41 Å². The van der Waals surface area contributed by atoms with Crippen molar-refractivity contribution in [3.63, 3.8) is 0 Å². The lowest BCUT2D eigenvalue weighted by Gasteiger charge is -2.44. The summed E-state index contributed by atoms with van der Waals surface area (Å²) in [5.41, 5.74) is 0.887. The van der Waals surface area contributed by atoms with E-state index in [4.69, 9.17) is 19.4 Å². The average Bonchev–Trinajstić information content (AvgIpc) is 2.53. The van der Waals surface area contributed by atoms with Crippen molar-refractivity contribution in [3.8, 4) is 0 Å². The van der Waals surface area contributed by atoms with Crippen LogP contribution in [0.2, 0.25) is 0 Å². The molecule has 2 atom stereocenters. The summed E-state index contributed by atoms with van der Waals surface area (Å²) in [7, 11) is 1.71. The Kier molecular flexibility index (Phi) is 4.87. The minimum atomic E-state index is -0.0727. The van der Waals surface area contributed by atoms with E-state index >= 15 is 0 Å². The van der Waals surface area contributed by atoms with Crippen molar-refractivity contribution >= 4 is 5.82 Å². The molecule has 0 amide bonds. The molecular formula is C18H29N3O2. The van der Waals surface area contributed by atoms with E-state index in [1.807, 2.05) is 0 Å². The van der Waals surface area contributed by atoms with Crippen LogP contribution in [0.5, 0.6) is 0 Å². The second kappa shape index (κ2) is 6.73. The first-order valence-electron chi connectivity index (χ1n) is 8.74. The molecule has 2 unspecified atom stereocenters. The topological polar surface area (TPSA) is 47.5 Å². The first-order valence-corrected chi connectivity index (χ1v) is 8.74. The quantitative estimate of drug-likeness (QED) is 0.857. The summed E-state index contributed by atoms with van der Waals surface area (Å²) in [4.78, 5) is 12.1. The number of methoxy groups -OCH3 is 1. The Balaban J connectivity index is 1.95. The van der Waals surface area contributed by atoms with Crippen molar-refractivity contribution in [2.45, 2.75) is 70.6 Å². The van der Waals surface area contributed by atoms with Crippen molar-refractivity contribution in [1.82, 2.24) is 9.97 Å². The molecule has 0 radical (unpaired) electrons. The molecule has 5 heteroatoms. The van der Waals surface area contributed by atoms with Gasteiger partial charge >= 0.3 is 0 Å². The van der Waals surface area contributed by atoms with Gasteiger partial charge in [-0.3, -0.25) is 0 Å². The highest BCUT2D eigenvalue weighted by molar-refractivity contribution is 5.43. The van der Waals surface area contributed by atoms with Gasteiger partial charge in [-0.25, -0.2) is 9.97 Å². The van der Waals surface area contributed by atoms with Crippen LogP contribution < -0.4 is 4.90 Å². The number of fused-ring (bicyclic) bond motifs is 1. The summed E-state index contributed by atoms with van der Waals surface area (Å²) in [6, 6.07) is 2.55. The molecule has 2 fully saturated rings. The number of anilines is 1. The van der Waals surface area contributed by atoms with Crippen molar-refractivity contribution in [2.75, 3.05) is 25.2 Å². The van der Waals surface area contributed by atoms with E-state index in [1.54, 1.807) is 7.11 Å². The third-order valence-corrected chi connectivity index (χ3v) is 4.76. The number of hydrogen-bond acceptors (Lipinski definition) is 5. The highest BCUT2D eigenvalue weighted by atomic mass is 16.5. The minimum absolute atomic E-state index is 0.0727. The van der Waals surface area contributed by atoms with Crippen LogP contribution >= 0.6 is 0 Å². The van der Waals surface area contributed by atoms with Crippen LogP contribution in [0.15, 0.2) is 6.07 Å². The van der Waals surface area contributed by atoms with Crippen LogP contribution in [0.3, 0.4) is 0 Å². The summed E-state index contributed by atoms with van der Waals surface area (Å²) < 4.78 is 11.3. The number of hydrogen-bond donors (Lipinski definition) is 0. The monoisotopic (exact) mass is 319 g/mol. The summed E-state index contributed by atoms with van der Waals surface area (Å²) >= 11 is 0. The lowest BCUT2D eigenvalue weighted by atomic mass is 9.90. The first-order chi connectivity index (χ1) is 11.0. The molecule has 1 saturated heterocycles. The molecule has 1 aromatic rings. The molecule has 1 saturated carbocycles. The molecule has 2 heterocycles. The van der Waals surface area contributed by atoms with Crippen molar-refractivity contribution in [3.05, 3.63) is 17.6 Å². The van der Waals surface area contributed by atoms with E-state index in [1.165, 1.54) is 25.7 Å². The summed E-state index contributed by atoms with van der Waals surface area (Å²) in [6.45, 7) is 8.70. The lowest BCUT2D eigenvalue weighted by Crippen LogP contribution is -2.53. The Bertz CT molecular complexity index is 540. The highest BCUT2D eigenvalue weighted by Gasteiger charge is 2.35. The van der Waals surface area contributed by atoms with Crippen molar-refractivity contribution in [2.24, 2.45) is 0 Å². The maximum atomic E-state index is 6.00. The molecule has 0 bridgehead atoms. The van der Waals surface area contributed by atoms with Crippen molar-refractivity contribution < 1.29 is 9.47 Å². The van der Waals surface area contributed by atoms with E-state index in [2.05, 4.69) is 31.7 Å². The van der Waals surface area contributed by atoms with E-state index < -0.39 is 0 Å². The molecular weight excluding hydrogens is 290 g/mol. The number of aromatic nitrogens is 2. The van der Waals surface area contributed by atoms with Gasteiger partial charge in [0.05, 0.1) is 31.1 Å². The zero-order valence-corrected chi connectivity index (χ0v) is 14.8. The van der Waals surface area contributed by atoms with Gasteiger partial charge in [-0.15, -0.1) is 0 Å². The average molecular weight is 319 g/mol. The number of morpholine rings is 1. The Hall–Kier alpha value is -1.20. The minimum Gasteiger partial charge on any atom is -0.378 e. The van der Waals surface area contributed by atoms with Gasteiger partial charge in [-0.2, -0.15) is 0 Å². The number of nitrogens with zero attached hydrogens (tertiary/aromatic N) is 3. The van der Waals surface area contributed by atoms with Crippen molar-refractivity contribution in [1.29, 1.82) is 0 Å². The molecule has 1 aromatic heterocycles. The maximum Gasteiger partial charge on any atom is 0.136 e. The summed E-state index contributed by atoms with van der Waals surface area (Å²) in [5, 5.41) is 0. The van der Waals surface area contributed by atoms with Crippen LogP contribution in [0, 0.1) is 0 Å². The van der Waals surface area contributed by atoms with Gasteiger partial charge in [-0.1, -0.05) is 33.6 Å². The largest absolute Gasteiger partial charge is 0.378 e. The Morgan fingerprint density at radius 1 is 1.26 bits per heavy atom. The molecule has 1 aliphatic heterocycles. The summed E-state index contributed by atoms with van der Waals surface area (Å²) in [5.74, 6) is 1.93. The molecule has 3 rings (SSSR count). The SMILES string of the molecule is COCc1cc(N2CCOC3CCCCC32)nc(C(C)(C)C)n1. The van der Waals surface area contributed by atoms with E-state index in [9.17, 15) is 0 Å². The van der Waals surface area contributed by atoms with Crippen LogP contribution in [0.1, 0.15) is 58.0 Å². The zero-order chi connectivity index (χ0) is 16.4. The maximum absolute atomic E-state index is 6.00. The second-order valence-electron chi connectivity index (χ2n) is 7.68. The Labute approximate surface area is 139 Å². The highest BCUT2D eigenvalue weighted by Crippen LogP contribution is 2.32. The van der Waals surface area contributed by atoms with Crippen LogP contribution in [-0.4, -0.2) is 42.4 Å². The van der Waals surface area contributed by atoms with Gasteiger partial charge < -0.3 is 14.4 Å². The lowest BCUT2D eigenvalue weighted by molar-refractivity contribution is -0.00903. The number of ether oxygens (including phenoxy) is 2. The third-order valence-electron chi connectivity index (χ3n) is 4.76. The molecule has 0 spiro atoms. The van der Waals surface area contributed by atoms with Gasteiger partial charge in [-0.05, 0) is 12.8 Å². The van der Waals surface area contributed by atoms with E-state index in [0.29, 0.717) is 18.8 Å². The molecule has 2 aliphatic rings. The Morgan fingerprint density at radius 3 is 2.78 bits per heavy atom. The zero-order valence-electron chi connectivity index (χ0n) is 14.8. The Morgan fingerprint density at radius 2 is 2.04 bits per heavy atom.